The van der Waals surface area contributed by atoms with Crippen LogP contribution in [0.5, 0.6) is 0 Å². The number of benzene rings is 1. The van der Waals surface area contributed by atoms with Gasteiger partial charge in [-0.05, 0) is 40.0 Å². The van der Waals surface area contributed by atoms with Crippen molar-refractivity contribution in [1.29, 1.82) is 0 Å². The van der Waals surface area contributed by atoms with Crippen LogP contribution >= 0.6 is 15.9 Å². The van der Waals surface area contributed by atoms with Gasteiger partial charge in [-0.1, -0.05) is 43.7 Å². The highest BCUT2D eigenvalue weighted by atomic mass is 79.9. The molecular formula is C18H20BrN3O2. The summed E-state index contributed by atoms with van der Waals surface area (Å²) in [5, 5.41) is 5.56. The van der Waals surface area contributed by atoms with E-state index in [-0.39, 0.29) is 18.2 Å². The number of carbonyl (C=O) groups is 2. The molecule has 2 rings (SSSR count). The van der Waals surface area contributed by atoms with Crippen LogP contribution in [0, 0.1) is 0 Å². The fraction of sp³-hybridized carbons (Fsp3) is 0.278. The van der Waals surface area contributed by atoms with Crippen LogP contribution in [-0.2, 0) is 16.0 Å². The Hall–Kier alpha value is -2.21. The minimum absolute atomic E-state index is 0.171. The summed E-state index contributed by atoms with van der Waals surface area (Å²) in [5.41, 5.74) is 0.915. The quantitative estimate of drug-likeness (QED) is 0.762. The normalized spacial score (nSPS) is 11.6. The number of halogens is 1. The van der Waals surface area contributed by atoms with Gasteiger partial charge in [0.25, 0.3) is 0 Å². The molecule has 0 fully saturated rings. The minimum Gasteiger partial charge on any atom is -0.344 e. The number of hydrogen-bond acceptors (Lipinski definition) is 3. The van der Waals surface area contributed by atoms with Crippen LogP contribution in [-0.4, -0.2) is 22.8 Å². The van der Waals surface area contributed by atoms with E-state index in [2.05, 4.69) is 31.5 Å². The van der Waals surface area contributed by atoms with E-state index >= 15 is 0 Å². The van der Waals surface area contributed by atoms with Crippen molar-refractivity contribution in [1.82, 2.24) is 10.3 Å². The highest BCUT2D eigenvalue weighted by molar-refractivity contribution is 9.10. The first-order chi connectivity index (χ1) is 11.6. The molecule has 0 saturated carbocycles. The molecule has 2 amide bonds. The third-order valence-corrected chi connectivity index (χ3v) is 4.08. The zero-order valence-corrected chi connectivity index (χ0v) is 15.0. The molecule has 0 aliphatic heterocycles. The molecule has 1 atom stereocenters. The molecule has 0 spiro atoms. The van der Waals surface area contributed by atoms with Gasteiger partial charge in [-0.25, -0.2) is 4.98 Å². The molecule has 0 bridgehead atoms. The van der Waals surface area contributed by atoms with Crippen LogP contribution in [0.3, 0.4) is 0 Å². The van der Waals surface area contributed by atoms with Crippen molar-refractivity contribution in [3.63, 3.8) is 0 Å². The van der Waals surface area contributed by atoms with Crippen molar-refractivity contribution in [2.75, 3.05) is 5.32 Å². The van der Waals surface area contributed by atoms with Crippen molar-refractivity contribution in [2.45, 2.75) is 32.2 Å². The third-order valence-electron chi connectivity index (χ3n) is 3.44. The molecule has 126 valence electrons. The average Bonchev–Trinajstić information content (AvgIpc) is 2.57. The molecule has 0 radical (unpaired) electrons. The molecule has 0 saturated heterocycles. The maximum Gasteiger partial charge on any atom is 0.248 e. The second-order valence-electron chi connectivity index (χ2n) is 5.39. The Labute approximate surface area is 150 Å². The van der Waals surface area contributed by atoms with Gasteiger partial charge in [0.2, 0.25) is 11.8 Å². The first-order valence-corrected chi connectivity index (χ1v) is 8.64. The number of carbonyl (C=O) groups excluding carboxylic acids is 2. The smallest absolute Gasteiger partial charge is 0.248 e. The molecule has 24 heavy (non-hydrogen) atoms. The average molecular weight is 390 g/mol. The number of rotatable bonds is 7. The van der Waals surface area contributed by atoms with Gasteiger partial charge >= 0.3 is 0 Å². The largest absolute Gasteiger partial charge is 0.344 e. The van der Waals surface area contributed by atoms with Gasteiger partial charge in [-0.3, -0.25) is 9.59 Å². The number of aromatic nitrogens is 1. The molecule has 5 nitrogen and oxygen atoms in total. The summed E-state index contributed by atoms with van der Waals surface area (Å²) in [4.78, 5) is 28.8. The second kappa shape index (κ2) is 9.17. The molecule has 0 aliphatic rings. The van der Waals surface area contributed by atoms with Gasteiger partial charge in [0, 0.05) is 6.20 Å². The van der Waals surface area contributed by atoms with Crippen molar-refractivity contribution in [3.8, 4) is 0 Å². The van der Waals surface area contributed by atoms with Crippen molar-refractivity contribution in [2.24, 2.45) is 0 Å². The first-order valence-electron chi connectivity index (χ1n) is 7.84. The summed E-state index contributed by atoms with van der Waals surface area (Å²) in [6.45, 7) is 1.97. The summed E-state index contributed by atoms with van der Waals surface area (Å²) in [6.07, 6.45) is 3.20. The molecule has 1 unspecified atom stereocenters. The standard InChI is InChI=1S/C18H20BrN3O2/c1-2-7-15(18(24)22-17-14(19)10-6-11-20-17)21-16(23)12-13-8-4-3-5-9-13/h3-6,8-11,15H,2,7,12H2,1H3,(H,21,23)(H,20,22,24). The van der Waals surface area contributed by atoms with Crippen LogP contribution < -0.4 is 10.6 Å². The highest BCUT2D eigenvalue weighted by Gasteiger charge is 2.21. The number of hydrogen-bond donors (Lipinski definition) is 2. The summed E-state index contributed by atoms with van der Waals surface area (Å²) in [7, 11) is 0. The zero-order chi connectivity index (χ0) is 17.4. The Bertz CT molecular complexity index is 692. The zero-order valence-electron chi connectivity index (χ0n) is 13.5. The number of amides is 2. The van der Waals surface area contributed by atoms with E-state index in [0.717, 1.165) is 12.0 Å². The SMILES string of the molecule is CCCC(NC(=O)Cc1ccccc1)C(=O)Nc1ncccc1Br. The van der Waals surface area contributed by atoms with Gasteiger partial charge in [0.15, 0.2) is 0 Å². The van der Waals surface area contributed by atoms with Crippen LogP contribution in [0.2, 0.25) is 0 Å². The van der Waals surface area contributed by atoms with E-state index in [1.165, 1.54) is 0 Å². The molecule has 2 aromatic rings. The molecule has 6 heteroatoms. The van der Waals surface area contributed by atoms with Crippen molar-refractivity contribution < 1.29 is 9.59 Å². The van der Waals surface area contributed by atoms with Gasteiger partial charge in [-0.2, -0.15) is 0 Å². The predicted molar refractivity (Wildman–Crippen MR) is 97.6 cm³/mol. The molecular weight excluding hydrogens is 370 g/mol. The summed E-state index contributed by atoms with van der Waals surface area (Å²) >= 11 is 3.34. The number of pyridine rings is 1. The van der Waals surface area contributed by atoms with E-state index in [9.17, 15) is 9.59 Å². The van der Waals surface area contributed by atoms with Crippen LogP contribution in [0.1, 0.15) is 25.3 Å². The minimum atomic E-state index is -0.583. The topological polar surface area (TPSA) is 71.1 Å². The van der Waals surface area contributed by atoms with E-state index in [1.807, 2.05) is 37.3 Å². The molecule has 1 aromatic carbocycles. The van der Waals surface area contributed by atoms with Gasteiger partial charge in [-0.15, -0.1) is 0 Å². The lowest BCUT2D eigenvalue weighted by Gasteiger charge is -2.18. The van der Waals surface area contributed by atoms with E-state index < -0.39 is 6.04 Å². The predicted octanol–water partition coefficient (Wildman–Crippen LogP) is 3.31. The van der Waals surface area contributed by atoms with Gasteiger partial charge in [0.05, 0.1) is 10.9 Å². The lowest BCUT2D eigenvalue weighted by molar-refractivity contribution is -0.126. The summed E-state index contributed by atoms with van der Waals surface area (Å²) in [6, 6.07) is 12.4. The van der Waals surface area contributed by atoms with Gasteiger partial charge < -0.3 is 10.6 Å². The molecule has 2 N–H and O–H groups in total. The molecule has 0 aliphatic carbocycles. The second-order valence-corrected chi connectivity index (χ2v) is 6.25. The van der Waals surface area contributed by atoms with E-state index in [4.69, 9.17) is 0 Å². The number of nitrogens with one attached hydrogen (secondary N) is 2. The van der Waals surface area contributed by atoms with Crippen LogP contribution in [0.4, 0.5) is 5.82 Å². The summed E-state index contributed by atoms with van der Waals surface area (Å²) < 4.78 is 0.698. The Morgan fingerprint density at radius 3 is 2.58 bits per heavy atom. The lowest BCUT2D eigenvalue weighted by Crippen LogP contribution is -2.44. The van der Waals surface area contributed by atoms with Crippen molar-refractivity contribution in [3.05, 3.63) is 58.7 Å². The fourth-order valence-electron chi connectivity index (χ4n) is 2.27. The van der Waals surface area contributed by atoms with Crippen molar-refractivity contribution >= 4 is 33.6 Å². The van der Waals surface area contributed by atoms with E-state index in [1.54, 1.807) is 18.3 Å². The molecule has 1 heterocycles. The third kappa shape index (κ3) is 5.45. The van der Waals surface area contributed by atoms with Crippen LogP contribution in [0.25, 0.3) is 0 Å². The Kier molecular flexibility index (Phi) is 6.93. The lowest BCUT2D eigenvalue weighted by atomic mass is 10.1. The first kappa shape index (κ1) is 18.1. The fourth-order valence-corrected chi connectivity index (χ4v) is 2.62. The highest BCUT2D eigenvalue weighted by Crippen LogP contribution is 2.18. The Balaban J connectivity index is 1.99. The van der Waals surface area contributed by atoms with Crippen LogP contribution in [0.15, 0.2) is 53.1 Å². The summed E-state index contributed by atoms with van der Waals surface area (Å²) in [5.74, 6) is 0.00783. The number of nitrogens with zero attached hydrogens (tertiary/aromatic N) is 1. The number of anilines is 1. The maximum atomic E-state index is 12.5. The van der Waals surface area contributed by atoms with Gasteiger partial charge in [0.1, 0.15) is 11.9 Å². The molecule has 1 aromatic heterocycles. The Morgan fingerprint density at radius 2 is 1.92 bits per heavy atom. The Morgan fingerprint density at radius 1 is 1.17 bits per heavy atom. The monoisotopic (exact) mass is 389 g/mol. The maximum absolute atomic E-state index is 12.5. The van der Waals surface area contributed by atoms with E-state index in [0.29, 0.717) is 16.7 Å².